The normalized spacial score (nSPS) is 19.1. The lowest BCUT2D eigenvalue weighted by Gasteiger charge is -2.28. The highest BCUT2D eigenvalue weighted by Gasteiger charge is 2.38. The number of nitrogens with one attached hydrogen (secondary N) is 1. The summed E-state index contributed by atoms with van der Waals surface area (Å²) in [5.41, 5.74) is 0.879. The number of alkyl carbamates (subject to hydrolysis) is 1. The second-order valence-electron chi connectivity index (χ2n) is 7.97. The van der Waals surface area contributed by atoms with Crippen molar-refractivity contribution in [2.45, 2.75) is 52.0 Å². The van der Waals surface area contributed by atoms with Gasteiger partial charge in [-0.1, -0.05) is 35.9 Å². The summed E-state index contributed by atoms with van der Waals surface area (Å²) < 4.78 is 11.3. The minimum atomic E-state index is -0.899. The molecule has 0 unspecified atom stereocenters. The van der Waals surface area contributed by atoms with Gasteiger partial charge in [-0.15, -0.1) is 0 Å². The van der Waals surface area contributed by atoms with Crippen molar-refractivity contribution in [3.05, 3.63) is 59.1 Å². The smallest absolute Gasteiger partial charge is 0.408 e. The number of halogens is 1. The van der Waals surface area contributed by atoms with Crippen molar-refractivity contribution in [1.29, 1.82) is 0 Å². The molecular formula is C22H25ClN2O4. The topological polar surface area (TPSA) is 67.9 Å². The summed E-state index contributed by atoms with van der Waals surface area (Å²) in [7, 11) is 0. The van der Waals surface area contributed by atoms with E-state index in [2.05, 4.69) is 5.32 Å². The van der Waals surface area contributed by atoms with Crippen LogP contribution < -0.4 is 15.0 Å². The first-order chi connectivity index (χ1) is 13.6. The van der Waals surface area contributed by atoms with Crippen LogP contribution in [0.3, 0.4) is 0 Å². The molecule has 2 atom stereocenters. The molecule has 1 aliphatic heterocycles. The molecule has 7 heteroatoms. The average molecular weight is 417 g/mol. The van der Waals surface area contributed by atoms with E-state index < -0.39 is 23.8 Å². The number of rotatable bonds is 3. The van der Waals surface area contributed by atoms with Crippen LogP contribution in [0.15, 0.2) is 48.5 Å². The fourth-order valence-corrected chi connectivity index (χ4v) is 3.21. The molecule has 0 saturated carbocycles. The average Bonchev–Trinajstić information content (AvgIpc) is 2.72. The highest BCUT2D eigenvalue weighted by Crippen LogP contribution is 2.34. The van der Waals surface area contributed by atoms with E-state index >= 15 is 0 Å². The summed E-state index contributed by atoms with van der Waals surface area (Å²) in [6.45, 7) is 7.37. The zero-order chi connectivity index (χ0) is 21.2. The van der Waals surface area contributed by atoms with E-state index in [1.165, 1.54) is 0 Å². The van der Waals surface area contributed by atoms with E-state index in [1.54, 1.807) is 44.7 Å². The Labute approximate surface area is 175 Å². The quantitative estimate of drug-likeness (QED) is 0.797. The molecule has 0 aliphatic carbocycles. The van der Waals surface area contributed by atoms with Gasteiger partial charge in [0.2, 0.25) is 0 Å². The van der Waals surface area contributed by atoms with Crippen LogP contribution in [0.1, 0.15) is 33.3 Å². The van der Waals surface area contributed by atoms with Gasteiger partial charge in [0.15, 0.2) is 0 Å². The molecule has 0 saturated heterocycles. The lowest BCUT2D eigenvalue weighted by molar-refractivity contribution is -0.122. The molecule has 0 bridgehead atoms. The number of para-hydroxylation sites is 2. The monoisotopic (exact) mass is 416 g/mol. The van der Waals surface area contributed by atoms with E-state index in [0.717, 1.165) is 5.56 Å². The van der Waals surface area contributed by atoms with Crippen molar-refractivity contribution in [3.63, 3.8) is 0 Å². The van der Waals surface area contributed by atoms with Crippen molar-refractivity contribution in [3.8, 4) is 5.75 Å². The minimum absolute atomic E-state index is 0.275. The van der Waals surface area contributed by atoms with Gasteiger partial charge in [0, 0.05) is 5.02 Å². The van der Waals surface area contributed by atoms with Gasteiger partial charge in [-0.25, -0.2) is 4.79 Å². The molecule has 154 valence electrons. The minimum Gasteiger partial charge on any atom is -0.486 e. The first-order valence-corrected chi connectivity index (χ1v) is 9.83. The number of carbonyl (C=O) groups is 2. The Bertz CT molecular complexity index is 892. The molecule has 1 N–H and O–H groups in total. The lowest BCUT2D eigenvalue weighted by Crippen LogP contribution is -2.54. The number of hydrogen-bond donors (Lipinski definition) is 1. The molecule has 1 aliphatic rings. The second kappa shape index (κ2) is 8.33. The third kappa shape index (κ3) is 5.21. The lowest BCUT2D eigenvalue weighted by atomic mass is 10.1. The Morgan fingerprint density at radius 2 is 1.83 bits per heavy atom. The van der Waals surface area contributed by atoms with Gasteiger partial charge in [0.1, 0.15) is 23.5 Å². The number of amides is 2. The molecule has 0 fully saturated rings. The molecule has 1 heterocycles. The maximum atomic E-state index is 13.4. The highest BCUT2D eigenvalue weighted by atomic mass is 35.5. The van der Waals surface area contributed by atoms with E-state index in [0.29, 0.717) is 23.0 Å². The third-order valence-corrected chi connectivity index (χ3v) is 4.65. The Morgan fingerprint density at radius 3 is 2.48 bits per heavy atom. The van der Waals surface area contributed by atoms with Gasteiger partial charge in [-0.05, 0) is 57.5 Å². The van der Waals surface area contributed by atoms with Crippen LogP contribution in [-0.2, 0) is 16.1 Å². The number of nitrogens with zero attached hydrogens (tertiary/aromatic N) is 1. The van der Waals surface area contributed by atoms with Crippen LogP contribution in [0.5, 0.6) is 5.75 Å². The first kappa shape index (κ1) is 21.0. The van der Waals surface area contributed by atoms with E-state index in [1.807, 2.05) is 36.4 Å². The number of carbonyl (C=O) groups excluding carboxylic acids is 2. The molecule has 0 spiro atoms. The molecule has 6 nitrogen and oxygen atoms in total. The van der Waals surface area contributed by atoms with Crippen molar-refractivity contribution in [2.75, 3.05) is 4.90 Å². The van der Waals surface area contributed by atoms with E-state index in [4.69, 9.17) is 21.1 Å². The molecule has 2 aromatic carbocycles. The van der Waals surface area contributed by atoms with Gasteiger partial charge in [-0.3, -0.25) is 4.79 Å². The molecule has 0 radical (unpaired) electrons. The second-order valence-corrected chi connectivity index (χ2v) is 8.40. The van der Waals surface area contributed by atoms with Crippen LogP contribution >= 0.6 is 11.6 Å². The fraction of sp³-hybridized carbons (Fsp3) is 0.364. The number of fused-ring (bicyclic) bond motifs is 1. The van der Waals surface area contributed by atoms with Crippen LogP contribution in [0.2, 0.25) is 5.02 Å². The molecular weight excluding hydrogens is 392 g/mol. The summed E-state index contributed by atoms with van der Waals surface area (Å²) in [5.74, 6) is 0.305. The Kier molecular flexibility index (Phi) is 6.03. The van der Waals surface area contributed by atoms with E-state index in [9.17, 15) is 9.59 Å². The molecule has 2 aromatic rings. The summed E-state index contributed by atoms with van der Waals surface area (Å²) >= 11 is 5.98. The van der Waals surface area contributed by atoms with Gasteiger partial charge in [-0.2, -0.15) is 0 Å². The van der Waals surface area contributed by atoms with Gasteiger partial charge < -0.3 is 19.7 Å². The standard InChI is InChI=1S/C22H25ClN2O4/c1-14-19(24-21(27)29-22(2,3)4)20(26)25(13-15-9-11-16(23)12-10-15)17-7-5-6-8-18(17)28-14/h5-12,14,19H,13H2,1-4H3,(H,24,27)/t14-,19+/m1/s1. The Hall–Kier alpha value is -2.73. The number of hydrogen-bond acceptors (Lipinski definition) is 4. The summed E-state index contributed by atoms with van der Waals surface area (Å²) in [5, 5.41) is 3.30. The molecule has 29 heavy (non-hydrogen) atoms. The number of ether oxygens (including phenoxy) is 2. The summed E-state index contributed by atoms with van der Waals surface area (Å²) in [4.78, 5) is 27.4. The van der Waals surface area contributed by atoms with Gasteiger partial charge in [0.05, 0.1) is 12.2 Å². The van der Waals surface area contributed by atoms with Crippen molar-refractivity contribution in [1.82, 2.24) is 5.32 Å². The summed E-state index contributed by atoms with van der Waals surface area (Å²) in [6, 6.07) is 13.7. The van der Waals surface area contributed by atoms with Gasteiger partial charge in [0.25, 0.3) is 5.91 Å². The van der Waals surface area contributed by atoms with Crippen LogP contribution in [-0.4, -0.2) is 29.7 Å². The predicted molar refractivity (Wildman–Crippen MR) is 112 cm³/mol. The van der Waals surface area contributed by atoms with Crippen molar-refractivity contribution in [2.24, 2.45) is 0 Å². The van der Waals surface area contributed by atoms with Crippen LogP contribution in [0.25, 0.3) is 0 Å². The molecule has 0 aromatic heterocycles. The van der Waals surface area contributed by atoms with Crippen LogP contribution in [0.4, 0.5) is 10.5 Å². The van der Waals surface area contributed by atoms with Crippen molar-refractivity contribution < 1.29 is 19.1 Å². The zero-order valence-electron chi connectivity index (χ0n) is 16.9. The maximum absolute atomic E-state index is 13.4. The maximum Gasteiger partial charge on any atom is 0.408 e. The Morgan fingerprint density at radius 1 is 1.17 bits per heavy atom. The van der Waals surface area contributed by atoms with Crippen molar-refractivity contribution >= 4 is 29.3 Å². The number of anilines is 1. The fourth-order valence-electron chi connectivity index (χ4n) is 3.08. The third-order valence-electron chi connectivity index (χ3n) is 4.40. The SMILES string of the molecule is C[C@H]1Oc2ccccc2N(Cc2ccc(Cl)cc2)C(=O)[C@H]1NC(=O)OC(C)(C)C. The highest BCUT2D eigenvalue weighted by molar-refractivity contribution is 6.30. The number of benzene rings is 2. The molecule has 2 amide bonds. The summed E-state index contributed by atoms with van der Waals surface area (Å²) in [6.07, 6.45) is -1.24. The zero-order valence-corrected chi connectivity index (χ0v) is 17.7. The molecule has 3 rings (SSSR count). The van der Waals surface area contributed by atoms with Gasteiger partial charge >= 0.3 is 6.09 Å². The largest absolute Gasteiger partial charge is 0.486 e. The first-order valence-electron chi connectivity index (χ1n) is 9.45. The van der Waals surface area contributed by atoms with Crippen LogP contribution in [0, 0.1) is 0 Å². The predicted octanol–water partition coefficient (Wildman–Crippen LogP) is 4.55. The Balaban J connectivity index is 1.92. The van der Waals surface area contributed by atoms with E-state index in [-0.39, 0.29) is 5.91 Å².